The molecule has 0 spiro atoms. The van der Waals surface area contributed by atoms with Gasteiger partial charge in [-0.05, 0) is 30.0 Å². The number of carbonyl (C=O) groups excluding carboxylic acids is 2. The van der Waals surface area contributed by atoms with Crippen LogP contribution in [-0.2, 0) is 4.79 Å². The standard InChI is InChI=1S/C18H20N2O2S/c1-11(2)15-8-5-14(6-9-15)7-10-16(22)20-18-19-12(3)17(23-18)13(4)21/h5-11H,1-4H3,(H,19,20,22). The Hall–Kier alpha value is -2.27. The molecule has 0 saturated carbocycles. The minimum Gasteiger partial charge on any atom is -0.298 e. The summed E-state index contributed by atoms with van der Waals surface area (Å²) in [4.78, 5) is 28.1. The molecule has 1 heterocycles. The number of aromatic nitrogens is 1. The van der Waals surface area contributed by atoms with E-state index in [0.717, 1.165) is 5.56 Å². The molecule has 0 atom stereocenters. The van der Waals surface area contributed by atoms with Crippen molar-refractivity contribution in [2.75, 3.05) is 5.32 Å². The van der Waals surface area contributed by atoms with Crippen LogP contribution in [0.2, 0.25) is 0 Å². The van der Waals surface area contributed by atoms with E-state index in [0.29, 0.717) is 21.6 Å². The van der Waals surface area contributed by atoms with Gasteiger partial charge in [0.2, 0.25) is 5.91 Å². The fourth-order valence-corrected chi connectivity index (χ4v) is 2.95. The maximum absolute atomic E-state index is 11.9. The number of hydrogen-bond donors (Lipinski definition) is 1. The van der Waals surface area contributed by atoms with Crippen molar-refractivity contribution in [1.29, 1.82) is 0 Å². The number of amides is 1. The first-order valence-corrected chi connectivity index (χ1v) is 8.26. The van der Waals surface area contributed by atoms with Crippen molar-refractivity contribution in [3.63, 3.8) is 0 Å². The SMILES string of the molecule is CC(=O)c1sc(NC(=O)C=Cc2ccc(C(C)C)cc2)nc1C. The second-order valence-electron chi connectivity index (χ2n) is 5.63. The van der Waals surface area contributed by atoms with Gasteiger partial charge in [-0.1, -0.05) is 49.4 Å². The smallest absolute Gasteiger partial charge is 0.250 e. The van der Waals surface area contributed by atoms with E-state index in [9.17, 15) is 9.59 Å². The van der Waals surface area contributed by atoms with Gasteiger partial charge in [-0.2, -0.15) is 0 Å². The average Bonchev–Trinajstić information content (AvgIpc) is 2.86. The number of thiazole rings is 1. The van der Waals surface area contributed by atoms with E-state index in [1.54, 1.807) is 13.0 Å². The van der Waals surface area contributed by atoms with E-state index < -0.39 is 0 Å². The summed E-state index contributed by atoms with van der Waals surface area (Å²) >= 11 is 1.20. The predicted molar refractivity (Wildman–Crippen MR) is 95.1 cm³/mol. The highest BCUT2D eigenvalue weighted by molar-refractivity contribution is 7.17. The molecule has 0 aliphatic rings. The molecule has 120 valence electrons. The van der Waals surface area contributed by atoms with Crippen molar-refractivity contribution >= 4 is 34.2 Å². The Labute approximate surface area is 140 Å². The van der Waals surface area contributed by atoms with E-state index in [-0.39, 0.29) is 11.7 Å². The Kier molecular flexibility index (Phi) is 5.45. The molecular weight excluding hydrogens is 308 g/mol. The van der Waals surface area contributed by atoms with Gasteiger partial charge in [-0.25, -0.2) is 4.98 Å². The molecule has 0 aliphatic heterocycles. The van der Waals surface area contributed by atoms with Gasteiger partial charge in [0.25, 0.3) is 0 Å². The number of nitrogens with zero attached hydrogens (tertiary/aromatic N) is 1. The lowest BCUT2D eigenvalue weighted by Crippen LogP contribution is -2.07. The molecule has 1 aromatic heterocycles. The molecular formula is C18H20N2O2S. The summed E-state index contributed by atoms with van der Waals surface area (Å²) in [6, 6.07) is 8.10. The first-order chi connectivity index (χ1) is 10.9. The maximum atomic E-state index is 11.9. The summed E-state index contributed by atoms with van der Waals surface area (Å²) in [5.74, 6) is 0.183. The van der Waals surface area contributed by atoms with Crippen molar-refractivity contribution in [3.05, 3.63) is 52.0 Å². The quantitative estimate of drug-likeness (QED) is 0.652. The van der Waals surface area contributed by atoms with E-state index in [1.165, 1.54) is 29.9 Å². The number of aryl methyl sites for hydroxylation is 1. The van der Waals surface area contributed by atoms with Gasteiger partial charge >= 0.3 is 0 Å². The van der Waals surface area contributed by atoms with Crippen molar-refractivity contribution in [1.82, 2.24) is 4.98 Å². The summed E-state index contributed by atoms with van der Waals surface area (Å²) in [5.41, 5.74) is 2.87. The highest BCUT2D eigenvalue weighted by Crippen LogP contribution is 2.23. The molecule has 2 aromatic rings. The molecule has 5 heteroatoms. The number of carbonyl (C=O) groups is 2. The van der Waals surface area contributed by atoms with E-state index >= 15 is 0 Å². The van der Waals surface area contributed by atoms with Crippen LogP contribution in [0, 0.1) is 6.92 Å². The van der Waals surface area contributed by atoms with Crippen LogP contribution in [0.3, 0.4) is 0 Å². The Bertz CT molecular complexity index is 743. The third-order valence-electron chi connectivity index (χ3n) is 3.38. The number of hydrogen-bond acceptors (Lipinski definition) is 4. The summed E-state index contributed by atoms with van der Waals surface area (Å²) < 4.78 is 0. The molecule has 1 N–H and O–H groups in total. The minimum atomic E-state index is -0.262. The largest absolute Gasteiger partial charge is 0.298 e. The van der Waals surface area contributed by atoms with Crippen molar-refractivity contribution < 1.29 is 9.59 Å². The zero-order valence-corrected chi connectivity index (χ0v) is 14.5. The lowest BCUT2D eigenvalue weighted by atomic mass is 10.0. The number of anilines is 1. The van der Waals surface area contributed by atoms with Gasteiger partial charge in [0.1, 0.15) is 0 Å². The van der Waals surface area contributed by atoms with Crippen LogP contribution in [0.4, 0.5) is 5.13 Å². The number of benzene rings is 1. The Morgan fingerprint density at radius 1 is 1.22 bits per heavy atom. The van der Waals surface area contributed by atoms with E-state index in [2.05, 4.69) is 36.3 Å². The molecule has 0 aliphatic carbocycles. The summed E-state index contributed by atoms with van der Waals surface area (Å²) in [5, 5.41) is 3.13. The Balaban J connectivity index is 2.01. The fourth-order valence-electron chi connectivity index (χ4n) is 2.09. The van der Waals surface area contributed by atoms with Gasteiger partial charge in [0.15, 0.2) is 10.9 Å². The maximum Gasteiger partial charge on any atom is 0.250 e. The highest BCUT2D eigenvalue weighted by atomic mass is 32.1. The zero-order chi connectivity index (χ0) is 17.0. The number of Topliss-reactive ketones (excluding diaryl/α,β-unsaturated/α-hetero) is 1. The third kappa shape index (κ3) is 4.60. The van der Waals surface area contributed by atoms with E-state index in [1.807, 2.05) is 12.1 Å². The molecule has 23 heavy (non-hydrogen) atoms. The molecule has 0 radical (unpaired) electrons. The third-order valence-corrected chi connectivity index (χ3v) is 4.55. The Morgan fingerprint density at radius 2 is 1.87 bits per heavy atom. The number of ketones is 1. The first-order valence-electron chi connectivity index (χ1n) is 7.44. The second-order valence-corrected chi connectivity index (χ2v) is 6.63. The van der Waals surface area contributed by atoms with Gasteiger partial charge in [-0.3, -0.25) is 14.9 Å². The van der Waals surface area contributed by atoms with Crippen LogP contribution in [0.1, 0.15) is 53.2 Å². The first kappa shape index (κ1) is 17.1. The molecule has 4 nitrogen and oxygen atoms in total. The molecule has 1 aromatic carbocycles. The lowest BCUT2D eigenvalue weighted by Gasteiger charge is -2.04. The molecule has 0 bridgehead atoms. The lowest BCUT2D eigenvalue weighted by molar-refractivity contribution is -0.111. The van der Waals surface area contributed by atoms with Crippen LogP contribution < -0.4 is 5.32 Å². The van der Waals surface area contributed by atoms with Crippen molar-refractivity contribution in [2.24, 2.45) is 0 Å². The van der Waals surface area contributed by atoms with Gasteiger partial charge in [0, 0.05) is 13.0 Å². The molecule has 0 saturated heterocycles. The number of nitrogens with one attached hydrogen (secondary N) is 1. The van der Waals surface area contributed by atoms with E-state index in [4.69, 9.17) is 0 Å². The normalized spacial score (nSPS) is 11.2. The van der Waals surface area contributed by atoms with Crippen LogP contribution in [-0.4, -0.2) is 16.7 Å². The van der Waals surface area contributed by atoms with Crippen molar-refractivity contribution in [2.45, 2.75) is 33.6 Å². The monoisotopic (exact) mass is 328 g/mol. The fraction of sp³-hybridized carbons (Fsp3) is 0.278. The predicted octanol–water partition coefficient (Wildman–Crippen LogP) is 4.43. The molecule has 1 amide bonds. The summed E-state index contributed by atoms with van der Waals surface area (Å²) in [6.07, 6.45) is 3.22. The average molecular weight is 328 g/mol. The molecule has 0 unspecified atom stereocenters. The summed E-state index contributed by atoms with van der Waals surface area (Å²) in [7, 11) is 0. The zero-order valence-electron chi connectivity index (χ0n) is 13.7. The molecule has 2 rings (SSSR count). The summed E-state index contributed by atoms with van der Waals surface area (Å²) in [6.45, 7) is 7.54. The van der Waals surface area contributed by atoms with Gasteiger partial charge < -0.3 is 0 Å². The van der Waals surface area contributed by atoms with Crippen LogP contribution >= 0.6 is 11.3 Å². The van der Waals surface area contributed by atoms with Crippen molar-refractivity contribution in [3.8, 4) is 0 Å². The second kappa shape index (κ2) is 7.33. The number of rotatable bonds is 5. The highest BCUT2D eigenvalue weighted by Gasteiger charge is 2.12. The minimum absolute atomic E-state index is 0.0405. The van der Waals surface area contributed by atoms with Crippen LogP contribution in [0.15, 0.2) is 30.3 Å². The van der Waals surface area contributed by atoms with Crippen LogP contribution in [0.5, 0.6) is 0 Å². The topological polar surface area (TPSA) is 59.1 Å². The Morgan fingerprint density at radius 3 is 2.39 bits per heavy atom. The van der Waals surface area contributed by atoms with Crippen LogP contribution in [0.25, 0.3) is 6.08 Å². The van der Waals surface area contributed by atoms with Gasteiger partial charge in [0.05, 0.1) is 10.6 Å². The van der Waals surface area contributed by atoms with Gasteiger partial charge in [-0.15, -0.1) is 0 Å². The molecule has 0 fully saturated rings.